The molecule has 0 heterocycles. The highest BCUT2D eigenvalue weighted by Gasteiger charge is 2.39. The summed E-state index contributed by atoms with van der Waals surface area (Å²) < 4.78 is 17.2. The number of carbonyl (C=O) groups excluding carboxylic acids is 1. The summed E-state index contributed by atoms with van der Waals surface area (Å²) in [7, 11) is -2.58. The van der Waals surface area contributed by atoms with Crippen LogP contribution in [0.25, 0.3) is 0 Å². The van der Waals surface area contributed by atoms with E-state index in [1.165, 1.54) is 0 Å². The predicted octanol–water partition coefficient (Wildman–Crippen LogP) is 1.91. The summed E-state index contributed by atoms with van der Waals surface area (Å²) in [6.45, 7) is 12.1. The number of nitrogens with one attached hydrogen (secondary N) is 2. The minimum Gasteiger partial charge on any atom is -0.374 e. The Morgan fingerprint density at radius 2 is 1.65 bits per heavy atom. The van der Waals surface area contributed by atoms with Gasteiger partial charge in [0.15, 0.2) is 0 Å². The molecule has 6 nitrogen and oxygen atoms in total. The molecule has 0 spiro atoms. The summed E-state index contributed by atoms with van der Waals surface area (Å²) in [6.07, 6.45) is 2.39. The zero-order valence-corrected chi connectivity index (χ0v) is 13.9. The molecule has 0 aromatic rings. The van der Waals surface area contributed by atoms with Gasteiger partial charge in [-0.05, 0) is 27.2 Å². The zero-order valence-electron chi connectivity index (χ0n) is 12.9. The molecule has 0 rings (SSSR count). The summed E-state index contributed by atoms with van der Waals surface area (Å²) in [5, 5.41) is 5.43. The van der Waals surface area contributed by atoms with E-state index in [1.807, 2.05) is 20.8 Å². The van der Waals surface area contributed by atoms with E-state index < -0.39 is 8.80 Å². The Balaban J connectivity index is 4.11. The van der Waals surface area contributed by atoms with Crippen molar-refractivity contribution in [2.45, 2.75) is 33.2 Å². The average Bonchev–Trinajstić information content (AvgIpc) is 2.42. The average molecular weight is 304 g/mol. The molecule has 118 valence electrons. The number of hydrogen-bond acceptors (Lipinski definition) is 4. The van der Waals surface area contributed by atoms with Crippen molar-refractivity contribution in [2.24, 2.45) is 0 Å². The van der Waals surface area contributed by atoms with Gasteiger partial charge in [-0.3, -0.25) is 0 Å². The maximum Gasteiger partial charge on any atom is 0.500 e. The normalized spacial score (nSPS) is 11.2. The number of urea groups is 1. The Morgan fingerprint density at radius 3 is 2.10 bits per heavy atom. The zero-order chi connectivity index (χ0) is 15.3. The van der Waals surface area contributed by atoms with Crippen molar-refractivity contribution in [1.29, 1.82) is 0 Å². The smallest absolute Gasteiger partial charge is 0.374 e. The monoisotopic (exact) mass is 304 g/mol. The van der Waals surface area contributed by atoms with E-state index in [0.29, 0.717) is 39.0 Å². The molecule has 2 amide bonds. The van der Waals surface area contributed by atoms with Crippen LogP contribution < -0.4 is 10.6 Å². The van der Waals surface area contributed by atoms with E-state index in [-0.39, 0.29) is 6.03 Å². The van der Waals surface area contributed by atoms with Crippen LogP contribution in [0.1, 0.15) is 27.2 Å². The molecule has 0 radical (unpaired) electrons. The molecular weight excluding hydrogens is 276 g/mol. The van der Waals surface area contributed by atoms with E-state index in [0.717, 1.165) is 6.42 Å². The molecule has 0 aromatic heterocycles. The first-order chi connectivity index (χ1) is 9.64. The molecule has 0 atom stereocenters. The van der Waals surface area contributed by atoms with Gasteiger partial charge in [-0.2, -0.15) is 0 Å². The van der Waals surface area contributed by atoms with Crippen LogP contribution in [-0.2, 0) is 13.3 Å². The van der Waals surface area contributed by atoms with Gasteiger partial charge in [0.2, 0.25) is 0 Å². The molecule has 2 N–H and O–H groups in total. The molecule has 0 aliphatic carbocycles. The van der Waals surface area contributed by atoms with Gasteiger partial charge in [-0.1, -0.05) is 6.08 Å². The SMILES string of the molecule is C=CCNC(=O)NCCC[Si](OCC)(OCC)OCC. The molecule has 7 heteroatoms. The highest BCUT2D eigenvalue weighted by molar-refractivity contribution is 6.60. The van der Waals surface area contributed by atoms with Crippen LogP contribution in [0.3, 0.4) is 0 Å². The summed E-state index contributed by atoms with van der Waals surface area (Å²) >= 11 is 0. The van der Waals surface area contributed by atoms with Gasteiger partial charge in [0.25, 0.3) is 0 Å². The first-order valence-electron chi connectivity index (χ1n) is 7.18. The van der Waals surface area contributed by atoms with Crippen molar-refractivity contribution in [3.05, 3.63) is 12.7 Å². The summed E-state index contributed by atoms with van der Waals surface area (Å²) in [5.74, 6) is 0. The molecule has 0 aliphatic heterocycles. The standard InChI is InChI=1S/C13H28N2O4Si/c1-5-10-14-13(16)15-11-9-12-20(17-6-2,18-7-3)19-8-4/h5H,1,6-12H2,2-4H3,(H2,14,15,16). The van der Waals surface area contributed by atoms with Crippen LogP contribution in [-0.4, -0.2) is 47.7 Å². The third-order valence-corrected chi connectivity index (χ3v) is 5.60. The van der Waals surface area contributed by atoms with Gasteiger partial charge in [-0.25, -0.2) is 4.79 Å². The van der Waals surface area contributed by atoms with Crippen molar-refractivity contribution in [3.63, 3.8) is 0 Å². The predicted molar refractivity (Wildman–Crippen MR) is 81.7 cm³/mol. The Morgan fingerprint density at radius 1 is 1.10 bits per heavy atom. The molecule has 0 saturated carbocycles. The molecule has 0 unspecified atom stereocenters. The maximum absolute atomic E-state index is 11.4. The van der Waals surface area contributed by atoms with Gasteiger partial charge in [0.05, 0.1) is 0 Å². The second kappa shape index (κ2) is 11.9. The van der Waals surface area contributed by atoms with Crippen LogP contribution in [0.2, 0.25) is 6.04 Å². The highest BCUT2D eigenvalue weighted by atomic mass is 28.4. The minimum atomic E-state index is -2.58. The number of rotatable bonds is 12. The molecular formula is C13H28N2O4Si. The molecule has 0 fully saturated rings. The van der Waals surface area contributed by atoms with Crippen molar-refractivity contribution in [2.75, 3.05) is 32.9 Å². The maximum atomic E-state index is 11.4. The molecule has 0 aromatic carbocycles. The first-order valence-corrected chi connectivity index (χ1v) is 9.11. The second-order valence-electron chi connectivity index (χ2n) is 4.01. The van der Waals surface area contributed by atoms with Crippen LogP contribution >= 0.6 is 0 Å². The lowest BCUT2D eigenvalue weighted by atomic mass is 10.5. The fourth-order valence-electron chi connectivity index (χ4n) is 1.74. The van der Waals surface area contributed by atoms with E-state index in [4.69, 9.17) is 13.3 Å². The van der Waals surface area contributed by atoms with Crippen LogP contribution in [0.4, 0.5) is 4.79 Å². The second-order valence-corrected chi connectivity index (χ2v) is 6.74. The van der Waals surface area contributed by atoms with Gasteiger partial charge < -0.3 is 23.9 Å². The number of amides is 2. The quantitative estimate of drug-likeness (QED) is 0.328. The Labute approximate surface area is 123 Å². The van der Waals surface area contributed by atoms with Gasteiger partial charge in [-0.15, -0.1) is 6.58 Å². The fraction of sp³-hybridized carbons (Fsp3) is 0.769. The lowest BCUT2D eigenvalue weighted by Crippen LogP contribution is -2.46. The van der Waals surface area contributed by atoms with Crippen molar-refractivity contribution in [1.82, 2.24) is 10.6 Å². The number of carbonyl (C=O) groups is 1. The van der Waals surface area contributed by atoms with Crippen LogP contribution in [0.5, 0.6) is 0 Å². The fourth-order valence-corrected chi connectivity index (χ4v) is 4.35. The first kappa shape index (κ1) is 19.1. The van der Waals surface area contributed by atoms with Gasteiger partial charge in [0.1, 0.15) is 0 Å². The summed E-state index contributed by atoms with van der Waals surface area (Å²) in [6, 6.07) is 0.506. The number of hydrogen-bond donors (Lipinski definition) is 2. The topological polar surface area (TPSA) is 68.8 Å². The van der Waals surface area contributed by atoms with Crippen LogP contribution in [0, 0.1) is 0 Å². The van der Waals surface area contributed by atoms with Crippen molar-refractivity contribution < 1.29 is 18.1 Å². The van der Waals surface area contributed by atoms with Gasteiger partial charge >= 0.3 is 14.8 Å². The third kappa shape index (κ3) is 8.31. The van der Waals surface area contributed by atoms with E-state index >= 15 is 0 Å². The van der Waals surface area contributed by atoms with Crippen molar-refractivity contribution in [3.8, 4) is 0 Å². The highest BCUT2D eigenvalue weighted by Crippen LogP contribution is 2.17. The minimum absolute atomic E-state index is 0.193. The van der Waals surface area contributed by atoms with Crippen LogP contribution in [0.15, 0.2) is 12.7 Å². The van der Waals surface area contributed by atoms with Gasteiger partial charge in [0, 0.05) is 39.0 Å². The van der Waals surface area contributed by atoms with E-state index in [9.17, 15) is 4.79 Å². The lowest BCUT2D eigenvalue weighted by molar-refractivity contribution is 0.0708. The Hall–Kier alpha value is -0.893. The summed E-state index contributed by atoms with van der Waals surface area (Å²) in [4.78, 5) is 11.4. The molecule has 0 bridgehead atoms. The molecule has 20 heavy (non-hydrogen) atoms. The Bertz CT molecular complexity index is 260. The molecule has 0 saturated heterocycles. The third-order valence-electron chi connectivity index (χ3n) is 2.45. The lowest BCUT2D eigenvalue weighted by Gasteiger charge is -2.28. The van der Waals surface area contributed by atoms with E-state index in [2.05, 4.69) is 17.2 Å². The largest absolute Gasteiger partial charge is 0.500 e. The van der Waals surface area contributed by atoms with E-state index in [1.54, 1.807) is 6.08 Å². The summed E-state index contributed by atoms with van der Waals surface area (Å²) in [5.41, 5.74) is 0. The molecule has 0 aliphatic rings. The van der Waals surface area contributed by atoms with Crippen molar-refractivity contribution >= 4 is 14.8 Å². The Kier molecular flexibility index (Phi) is 11.4.